The highest BCUT2D eigenvalue weighted by molar-refractivity contribution is 5.66. The van der Waals surface area contributed by atoms with E-state index in [2.05, 4.69) is 13.2 Å². The van der Waals surface area contributed by atoms with E-state index in [1.54, 1.807) is 0 Å². The second-order valence-corrected chi connectivity index (χ2v) is 8.46. The van der Waals surface area contributed by atoms with Gasteiger partial charge in [0.25, 0.3) is 0 Å². The average molecular weight is 379 g/mol. The SMILES string of the molecule is C=C1[C@H]2[C@H](O)[C@H]([C@H](C)[C@H](CC=C(C)C)OC(C)=O)C[C@@H](O)C(=C)[C@@H]2C[C@@H]1O. The lowest BCUT2D eigenvalue weighted by atomic mass is 9.76. The number of fused-ring (bicyclic) bond motifs is 1. The number of carbonyl (C=O) groups is 1. The summed E-state index contributed by atoms with van der Waals surface area (Å²) in [5.74, 6) is -1.35. The Morgan fingerprint density at radius 1 is 1.15 bits per heavy atom. The van der Waals surface area contributed by atoms with E-state index in [-0.39, 0.29) is 29.6 Å². The van der Waals surface area contributed by atoms with Gasteiger partial charge in [0, 0.05) is 19.3 Å². The average Bonchev–Trinajstić information content (AvgIpc) is 2.84. The summed E-state index contributed by atoms with van der Waals surface area (Å²) in [6.07, 6.45) is 0.725. The van der Waals surface area contributed by atoms with E-state index in [4.69, 9.17) is 4.74 Å². The fourth-order valence-corrected chi connectivity index (χ4v) is 4.66. The van der Waals surface area contributed by atoms with Gasteiger partial charge in [-0.25, -0.2) is 0 Å². The largest absolute Gasteiger partial charge is 0.462 e. The van der Waals surface area contributed by atoms with Gasteiger partial charge in [-0.2, -0.15) is 0 Å². The first-order valence-corrected chi connectivity index (χ1v) is 9.76. The van der Waals surface area contributed by atoms with Crippen molar-refractivity contribution in [2.24, 2.45) is 23.7 Å². The molecular formula is C22H34O5. The Kier molecular flexibility index (Phi) is 7.06. The van der Waals surface area contributed by atoms with Gasteiger partial charge in [0.2, 0.25) is 0 Å². The summed E-state index contributed by atoms with van der Waals surface area (Å²) in [6.45, 7) is 15.3. The Morgan fingerprint density at radius 3 is 2.30 bits per heavy atom. The molecule has 2 aliphatic rings. The molecule has 0 aromatic heterocycles. The number of carbonyl (C=O) groups excluding carboxylic acids is 1. The van der Waals surface area contributed by atoms with Crippen LogP contribution in [0.4, 0.5) is 0 Å². The van der Waals surface area contributed by atoms with Crippen molar-refractivity contribution >= 4 is 5.97 Å². The smallest absolute Gasteiger partial charge is 0.302 e. The molecule has 2 saturated carbocycles. The van der Waals surface area contributed by atoms with Crippen LogP contribution in [0.1, 0.15) is 47.0 Å². The molecule has 0 aliphatic heterocycles. The molecule has 152 valence electrons. The molecule has 2 rings (SSSR count). The van der Waals surface area contributed by atoms with Crippen LogP contribution in [0, 0.1) is 23.7 Å². The van der Waals surface area contributed by atoms with Crippen LogP contribution in [0.3, 0.4) is 0 Å². The number of esters is 1. The van der Waals surface area contributed by atoms with Gasteiger partial charge in [-0.15, -0.1) is 0 Å². The highest BCUT2D eigenvalue weighted by atomic mass is 16.5. The molecule has 3 N–H and O–H groups in total. The summed E-state index contributed by atoms with van der Waals surface area (Å²) in [5, 5.41) is 32.1. The minimum absolute atomic E-state index is 0.175. The summed E-state index contributed by atoms with van der Waals surface area (Å²) < 4.78 is 5.56. The van der Waals surface area contributed by atoms with E-state index >= 15 is 0 Å². The van der Waals surface area contributed by atoms with Crippen molar-refractivity contribution in [3.63, 3.8) is 0 Å². The fourth-order valence-electron chi connectivity index (χ4n) is 4.66. The van der Waals surface area contributed by atoms with Gasteiger partial charge < -0.3 is 20.1 Å². The molecule has 0 heterocycles. The summed E-state index contributed by atoms with van der Waals surface area (Å²) in [5.41, 5.74) is 2.38. The molecule has 2 aliphatic carbocycles. The first-order chi connectivity index (χ1) is 12.5. The number of hydrogen-bond acceptors (Lipinski definition) is 5. The highest BCUT2D eigenvalue weighted by Crippen LogP contribution is 2.49. The third-order valence-electron chi connectivity index (χ3n) is 6.31. The molecule has 0 aromatic rings. The van der Waals surface area contributed by atoms with Crippen molar-refractivity contribution in [2.45, 2.75) is 71.4 Å². The molecule has 27 heavy (non-hydrogen) atoms. The molecule has 0 radical (unpaired) electrons. The molecular weight excluding hydrogens is 344 g/mol. The maximum absolute atomic E-state index is 11.6. The zero-order chi connectivity index (χ0) is 20.5. The summed E-state index contributed by atoms with van der Waals surface area (Å²) in [6, 6.07) is 0. The van der Waals surface area contributed by atoms with Crippen molar-refractivity contribution in [1.29, 1.82) is 0 Å². The van der Waals surface area contributed by atoms with Gasteiger partial charge in [0.1, 0.15) is 6.10 Å². The highest BCUT2D eigenvalue weighted by Gasteiger charge is 2.50. The lowest BCUT2D eigenvalue weighted by Gasteiger charge is -2.35. The molecule has 5 heteroatoms. The lowest BCUT2D eigenvalue weighted by molar-refractivity contribution is -0.151. The van der Waals surface area contributed by atoms with Crippen LogP contribution in [-0.2, 0) is 9.53 Å². The number of rotatable bonds is 5. The number of ether oxygens (including phenoxy) is 1. The Morgan fingerprint density at radius 2 is 1.74 bits per heavy atom. The summed E-state index contributed by atoms with van der Waals surface area (Å²) in [4.78, 5) is 11.6. The van der Waals surface area contributed by atoms with Gasteiger partial charge in [-0.3, -0.25) is 4.79 Å². The minimum Gasteiger partial charge on any atom is -0.462 e. The molecule has 0 spiro atoms. The summed E-state index contributed by atoms with van der Waals surface area (Å²) >= 11 is 0. The molecule has 0 saturated heterocycles. The van der Waals surface area contributed by atoms with Gasteiger partial charge in [-0.1, -0.05) is 31.7 Å². The maximum atomic E-state index is 11.6. The van der Waals surface area contributed by atoms with Crippen LogP contribution in [0.25, 0.3) is 0 Å². The Balaban J connectivity index is 2.32. The van der Waals surface area contributed by atoms with Crippen molar-refractivity contribution in [3.8, 4) is 0 Å². The second-order valence-electron chi connectivity index (χ2n) is 8.46. The van der Waals surface area contributed by atoms with Crippen LogP contribution in [-0.4, -0.2) is 45.7 Å². The van der Waals surface area contributed by atoms with E-state index in [9.17, 15) is 20.1 Å². The Hall–Kier alpha value is -1.43. The molecule has 0 bridgehead atoms. The Bertz CT molecular complexity index is 618. The zero-order valence-corrected chi connectivity index (χ0v) is 16.9. The van der Waals surface area contributed by atoms with Crippen molar-refractivity contribution in [1.82, 2.24) is 0 Å². The Labute approximate surface area is 162 Å². The normalized spacial score (nSPS) is 35.8. The number of allylic oxidation sites excluding steroid dienone is 1. The van der Waals surface area contributed by atoms with E-state index in [0.717, 1.165) is 5.57 Å². The van der Waals surface area contributed by atoms with Crippen molar-refractivity contribution < 1.29 is 24.9 Å². The number of aliphatic hydroxyl groups is 3. The van der Waals surface area contributed by atoms with Crippen LogP contribution in [0.15, 0.2) is 36.0 Å². The number of hydrogen-bond donors (Lipinski definition) is 3. The molecule has 0 unspecified atom stereocenters. The first kappa shape index (κ1) is 21.9. The monoisotopic (exact) mass is 378 g/mol. The molecule has 8 atom stereocenters. The van der Waals surface area contributed by atoms with Crippen molar-refractivity contribution in [2.75, 3.05) is 0 Å². The minimum atomic E-state index is -0.784. The van der Waals surface area contributed by atoms with Gasteiger partial charge in [0.05, 0.1) is 18.3 Å². The first-order valence-electron chi connectivity index (χ1n) is 9.76. The predicted octanol–water partition coefficient (Wildman–Crippen LogP) is 2.76. The third-order valence-corrected chi connectivity index (χ3v) is 6.31. The fraction of sp³-hybridized carbons (Fsp3) is 0.682. The van der Waals surface area contributed by atoms with Gasteiger partial charge in [0.15, 0.2) is 0 Å². The van der Waals surface area contributed by atoms with Crippen LogP contribution >= 0.6 is 0 Å². The third kappa shape index (κ3) is 4.71. The lowest BCUT2D eigenvalue weighted by Crippen LogP contribution is -2.40. The molecule has 0 aromatic carbocycles. The van der Waals surface area contributed by atoms with Crippen LogP contribution < -0.4 is 0 Å². The maximum Gasteiger partial charge on any atom is 0.302 e. The van der Waals surface area contributed by atoms with E-state index in [1.807, 2.05) is 26.8 Å². The van der Waals surface area contributed by atoms with E-state index in [1.165, 1.54) is 6.92 Å². The molecule has 0 amide bonds. The molecule has 5 nitrogen and oxygen atoms in total. The van der Waals surface area contributed by atoms with Crippen molar-refractivity contribution in [3.05, 3.63) is 36.0 Å². The zero-order valence-electron chi connectivity index (χ0n) is 16.9. The quantitative estimate of drug-likeness (QED) is 0.506. The van der Waals surface area contributed by atoms with Gasteiger partial charge in [-0.05, 0) is 55.6 Å². The molecule has 2 fully saturated rings. The summed E-state index contributed by atoms with van der Waals surface area (Å²) in [7, 11) is 0. The van der Waals surface area contributed by atoms with Gasteiger partial charge >= 0.3 is 5.97 Å². The van der Waals surface area contributed by atoms with E-state index < -0.39 is 24.4 Å². The van der Waals surface area contributed by atoms with Crippen LogP contribution in [0.5, 0.6) is 0 Å². The number of aliphatic hydroxyl groups excluding tert-OH is 3. The topological polar surface area (TPSA) is 87.0 Å². The standard InChI is InChI=1S/C22H34O5/c1-11(2)7-8-20(27-15(6)23)13(4)17-10-18(24)12(3)16-9-19(25)14(5)21(16)22(17)26/h7,13,16-22,24-26H,3,5,8-10H2,1-2,4,6H3/t13-,16-,17-,18+,19-,20-,21+,22+/m0/s1. The second kappa shape index (κ2) is 8.72. The van der Waals surface area contributed by atoms with Crippen LogP contribution in [0.2, 0.25) is 0 Å². The predicted molar refractivity (Wildman–Crippen MR) is 105 cm³/mol. The van der Waals surface area contributed by atoms with E-state index in [0.29, 0.717) is 30.4 Å².